The Kier molecular flexibility index (Phi) is 5.10. The van der Waals surface area contributed by atoms with Gasteiger partial charge in [-0.3, -0.25) is 9.59 Å². The van der Waals surface area contributed by atoms with Crippen molar-refractivity contribution in [1.82, 2.24) is 0 Å². The number of ether oxygens (including phenoxy) is 5. The quantitative estimate of drug-likeness (QED) is 0.319. The number of esters is 2. The minimum atomic E-state index is -0.988. The number of azide groups is 1. The zero-order chi connectivity index (χ0) is 17.2. The van der Waals surface area contributed by atoms with Crippen molar-refractivity contribution in [3.05, 3.63) is 10.4 Å². The van der Waals surface area contributed by atoms with Crippen LogP contribution in [0.15, 0.2) is 5.11 Å². The van der Waals surface area contributed by atoms with Gasteiger partial charge in [0.15, 0.2) is 11.9 Å². The summed E-state index contributed by atoms with van der Waals surface area (Å²) >= 11 is 0. The van der Waals surface area contributed by atoms with Gasteiger partial charge in [-0.2, -0.15) is 0 Å². The molecule has 0 aromatic carbocycles. The van der Waals surface area contributed by atoms with Crippen LogP contribution in [0.25, 0.3) is 10.4 Å². The summed E-state index contributed by atoms with van der Waals surface area (Å²) in [6, 6.07) is -0.838. The van der Waals surface area contributed by atoms with Crippen molar-refractivity contribution in [2.45, 2.75) is 64.1 Å². The molecule has 0 aromatic heterocycles. The van der Waals surface area contributed by atoms with Crippen LogP contribution in [0.1, 0.15) is 27.7 Å². The maximum absolute atomic E-state index is 11.2. The third kappa shape index (κ3) is 4.11. The Morgan fingerprint density at radius 3 is 2.48 bits per heavy atom. The Morgan fingerprint density at radius 1 is 1.26 bits per heavy atom. The summed E-state index contributed by atoms with van der Waals surface area (Å²) in [5, 5.41) is 3.60. The molecule has 128 valence electrons. The average molecular weight is 329 g/mol. The van der Waals surface area contributed by atoms with Crippen molar-refractivity contribution in [2.75, 3.05) is 6.61 Å². The molecule has 0 spiro atoms. The average Bonchev–Trinajstić information content (AvgIpc) is 2.89. The fraction of sp³-hybridized carbons (Fsp3) is 0.846. The van der Waals surface area contributed by atoms with Crippen molar-refractivity contribution in [1.29, 1.82) is 0 Å². The van der Waals surface area contributed by atoms with E-state index >= 15 is 0 Å². The molecule has 0 aromatic rings. The van der Waals surface area contributed by atoms with Gasteiger partial charge in [0.2, 0.25) is 6.29 Å². The molecule has 2 saturated heterocycles. The molecule has 5 atom stereocenters. The summed E-state index contributed by atoms with van der Waals surface area (Å²) in [5.41, 5.74) is 8.72. The lowest BCUT2D eigenvalue weighted by Crippen LogP contribution is -2.40. The van der Waals surface area contributed by atoms with Crippen molar-refractivity contribution in [3.8, 4) is 0 Å². The normalized spacial score (nSPS) is 32.5. The Hall–Kier alpha value is -1.87. The Labute approximate surface area is 132 Å². The molecule has 0 bridgehead atoms. The summed E-state index contributed by atoms with van der Waals surface area (Å²) in [6.07, 6.45) is -3.05. The third-order valence-electron chi connectivity index (χ3n) is 3.37. The van der Waals surface area contributed by atoms with Crippen LogP contribution in [0, 0.1) is 0 Å². The van der Waals surface area contributed by atoms with Crippen molar-refractivity contribution in [2.24, 2.45) is 5.11 Å². The first-order chi connectivity index (χ1) is 10.7. The van der Waals surface area contributed by atoms with Gasteiger partial charge < -0.3 is 23.7 Å². The van der Waals surface area contributed by atoms with Gasteiger partial charge in [-0.25, -0.2) is 0 Å². The van der Waals surface area contributed by atoms with Gasteiger partial charge in [-0.15, -0.1) is 0 Å². The molecular formula is C13H19N3O7. The number of carbonyl (C=O) groups is 2. The number of nitrogens with zero attached hydrogens (tertiary/aromatic N) is 3. The molecule has 0 amide bonds. The lowest BCUT2D eigenvalue weighted by atomic mass is 10.1. The highest BCUT2D eigenvalue weighted by atomic mass is 16.8. The molecule has 2 rings (SSSR count). The first-order valence-corrected chi connectivity index (χ1v) is 7.09. The van der Waals surface area contributed by atoms with E-state index in [0.29, 0.717) is 0 Å². The van der Waals surface area contributed by atoms with Gasteiger partial charge in [0.05, 0.1) is 0 Å². The largest absolute Gasteiger partial charge is 0.465 e. The first kappa shape index (κ1) is 17.5. The molecule has 0 unspecified atom stereocenters. The van der Waals surface area contributed by atoms with Crippen LogP contribution < -0.4 is 0 Å². The number of hydrogen-bond donors (Lipinski definition) is 0. The molecule has 2 fully saturated rings. The van der Waals surface area contributed by atoms with E-state index in [-0.39, 0.29) is 6.61 Å². The highest BCUT2D eigenvalue weighted by Gasteiger charge is 2.58. The lowest BCUT2D eigenvalue weighted by molar-refractivity contribution is -0.233. The van der Waals surface area contributed by atoms with Crippen LogP contribution in [0.5, 0.6) is 0 Å². The number of rotatable bonds is 5. The molecule has 23 heavy (non-hydrogen) atoms. The van der Waals surface area contributed by atoms with E-state index in [1.807, 2.05) is 0 Å². The van der Waals surface area contributed by atoms with Crippen LogP contribution in [0.2, 0.25) is 0 Å². The molecule has 0 saturated carbocycles. The minimum Gasteiger partial charge on any atom is -0.465 e. The van der Waals surface area contributed by atoms with Gasteiger partial charge in [-0.1, -0.05) is 5.11 Å². The smallest absolute Gasteiger partial charge is 0.305 e. The maximum atomic E-state index is 11.2. The van der Waals surface area contributed by atoms with Crippen LogP contribution in [-0.4, -0.2) is 55.0 Å². The van der Waals surface area contributed by atoms with Gasteiger partial charge in [0.25, 0.3) is 0 Å². The molecule has 0 N–H and O–H groups in total. The van der Waals surface area contributed by atoms with Gasteiger partial charge in [-0.05, 0) is 19.4 Å². The fourth-order valence-corrected chi connectivity index (χ4v) is 2.62. The second kappa shape index (κ2) is 6.71. The molecule has 10 heteroatoms. The Bertz CT molecular complexity index is 532. The number of fused-ring (bicyclic) bond motifs is 1. The predicted molar refractivity (Wildman–Crippen MR) is 73.8 cm³/mol. The van der Waals surface area contributed by atoms with Gasteiger partial charge in [0.1, 0.15) is 24.9 Å². The van der Waals surface area contributed by atoms with Crippen molar-refractivity contribution >= 4 is 11.9 Å². The SMILES string of the molecule is CC(=O)OC[C@H](N=[N+]=[N-])[C@H]1O[C@H](OC(C)=O)[C@H]2OC(C)(C)O[C@H]21. The van der Waals surface area contributed by atoms with E-state index in [9.17, 15) is 9.59 Å². The summed E-state index contributed by atoms with van der Waals surface area (Å²) < 4.78 is 27.1. The van der Waals surface area contributed by atoms with E-state index in [1.165, 1.54) is 13.8 Å². The summed E-state index contributed by atoms with van der Waals surface area (Å²) in [5.74, 6) is -1.96. The van der Waals surface area contributed by atoms with Crippen molar-refractivity contribution < 1.29 is 33.3 Å². The van der Waals surface area contributed by atoms with Crippen molar-refractivity contribution in [3.63, 3.8) is 0 Å². The Morgan fingerprint density at radius 2 is 1.91 bits per heavy atom. The van der Waals surface area contributed by atoms with E-state index in [4.69, 9.17) is 29.2 Å². The lowest BCUT2D eigenvalue weighted by Gasteiger charge is -2.26. The first-order valence-electron chi connectivity index (χ1n) is 7.09. The standard InChI is InChI=1S/C13H19N3O7/c1-6(17)19-5-8(15-16-14)9-10-11(23-13(3,4)22-10)12(21-9)20-7(2)18/h8-12H,5H2,1-4H3/t8-,9+,10-,11-,12-/m0/s1. The predicted octanol–water partition coefficient (Wildman–Crippen LogP) is 1.04. The topological polar surface area (TPSA) is 129 Å². The van der Waals surface area contributed by atoms with Gasteiger partial charge >= 0.3 is 11.9 Å². The second-order valence-electron chi connectivity index (χ2n) is 5.72. The highest BCUT2D eigenvalue weighted by Crippen LogP contribution is 2.40. The third-order valence-corrected chi connectivity index (χ3v) is 3.37. The van der Waals surface area contributed by atoms with E-state index < -0.39 is 48.4 Å². The van der Waals surface area contributed by atoms with E-state index in [1.54, 1.807) is 13.8 Å². The highest BCUT2D eigenvalue weighted by molar-refractivity contribution is 5.66. The molecule has 0 radical (unpaired) electrons. The summed E-state index contributed by atoms with van der Waals surface area (Å²) in [6.45, 7) is 5.73. The summed E-state index contributed by atoms with van der Waals surface area (Å²) in [7, 11) is 0. The van der Waals surface area contributed by atoms with E-state index in [2.05, 4.69) is 10.0 Å². The zero-order valence-electron chi connectivity index (χ0n) is 13.3. The number of hydrogen-bond acceptors (Lipinski definition) is 8. The monoisotopic (exact) mass is 329 g/mol. The minimum absolute atomic E-state index is 0.177. The molecule has 2 heterocycles. The Balaban J connectivity index is 2.20. The molecule has 2 aliphatic rings. The fourth-order valence-electron chi connectivity index (χ4n) is 2.62. The van der Waals surface area contributed by atoms with Crippen LogP contribution >= 0.6 is 0 Å². The number of carbonyl (C=O) groups excluding carboxylic acids is 2. The molecular weight excluding hydrogens is 310 g/mol. The maximum Gasteiger partial charge on any atom is 0.305 e. The molecule has 2 aliphatic heterocycles. The molecule has 0 aliphatic carbocycles. The van der Waals surface area contributed by atoms with Crippen LogP contribution in [0.3, 0.4) is 0 Å². The molecule has 10 nitrogen and oxygen atoms in total. The van der Waals surface area contributed by atoms with E-state index in [0.717, 1.165) is 0 Å². The summed E-state index contributed by atoms with van der Waals surface area (Å²) in [4.78, 5) is 24.9. The van der Waals surface area contributed by atoms with Crippen LogP contribution in [0.4, 0.5) is 0 Å². The van der Waals surface area contributed by atoms with Crippen LogP contribution in [-0.2, 0) is 33.3 Å². The van der Waals surface area contributed by atoms with Gasteiger partial charge in [0, 0.05) is 18.8 Å². The zero-order valence-corrected chi connectivity index (χ0v) is 13.3. The second-order valence-corrected chi connectivity index (χ2v) is 5.72.